The Balaban J connectivity index is 2.53. The summed E-state index contributed by atoms with van der Waals surface area (Å²) in [6, 6.07) is 0. The van der Waals surface area contributed by atoms with Gasteiger partial charge < -0.3 is 14.6 Å². The molecule has 0 unspecified atom stereocenters. The zero-order valence-corrected chi connectivity index (χ0v) is 9.26. The lowest BCUT2D eigenvalue weighted by Gasteiger charge is -2.16. The molecule has 3 atom stereocenters. The van der Waals surface area contributed by atoms with Gasteiger partial charge in [0.05, 0.1) is 18.8 Å². The molecule has 1 fully saturated rings. The van der Waals surface area contributed by atoms with Crippen molar-refractivity contribution in [2.75, 3.05) is 6.61 Å². The van der Waals surface area contributed by atoms with Gasteiger partial charge in [0, 0.05) is 13.3 Å². The highest BCUT2D eigenvalue weighted by molar-refractivity contribution is 5.66. The number of carbonyl (C=O) groups is 1. The van der Waals surface area contributed by atoms with Crippen LogP contribution in [0.3, 0.4) is 0 Å². The number of aliphatic hydroxyl groups is 1. The minimum atomic E-state index is -0.335. The van der Waals surface area contributed by atoms with Crippen LogP contribution < -0.4 is 0 Å². The van der Waals surface area contributed by atoms with E-state index in [9.17, 15) is 4.79 Å². The Morgan fingerprint density at radius 2 is 2.50 bits per heavy atom. The van der Waals surface area contributed by atoms with Crippen LogP contribution >= 0.6 is 0 Å². The second kappa shape index (κ2) is 6.31. The van der Waals surface area contributed by atoms with Crippen LogP contribution in [0.4, 0.5) is 0 Å². The van der Waals surface area contributed by atoms with E-state index in [4.69, 9.17) is 21.0 Å². The highest BCUT2D eigenvalue weighted by atomic mass is 16.6. The van der Waals surface area contributed by atoms with Gasteiger partial charge in [0.25, 0.3) is 0 Å². The molecule has 1 aliphatic rings. The Morgan fingerprint density at radius 3 is 3.06 bits per heavy atom. The fourth-order valence-electron chi connectivity index (χ4n) is 1.73. The van der Waals surface area contributed by atoms with Crippen LogP contribution in [0.1, 0.15) is 19.8 Å². The highest BCUT2D eigenvalue weighted by Crippen LogP contribution is 2.25. The van der Waals surface area contributed by atoms with Gasteiger partial charge >= 0.3 is 5.97 Å². The summed E-state index contributed by atoms with van der Waals surface area (Å²) in [4.78, 5) is 10.9. The Hall–Kier alpha value is -1.31. The second-order valence-electron chi connectivity index (χ2n) is 3.67. The molecule has 4 nitrogen and oxygen atoms in total. The lowest BCUT2D eigenvalue weighted by Crippen LogP contribution is -2.25. The third kappa shape index (κ3) is 3.69. The molecule has 1 N–H and O–H groups in total. The maximum atomic E-state index is 10.9. The molecule has 16 heavy (non-hydrogen) atoms. The highest BCUT2D eigenvalue weighted by Gasteiger charge is 2.36. The van der Waals surface area contributed by atoms with Gasteiger partial charge in [0.15, 0.2) is 0 Å². The zero-order chi connectivity index (χ0) is 12.0. The first kappa shape index (κ1) is 12.8. The summed E-state index contributed by atoms with van der Waals surface area (Å²) in [5.41, 5.74) is 0. The van der Waals surface area contributed by atoms with Crippen LogP contribution in [-0.2, 0) is 14.3 Å². The van der Waals surface area contributed by atoms with E-state index < -0.39 is 0 Å². The molecule has 0 bridgehead atoms. The summed E-state index contributed by atoms with van der Waals surface area (Å²) >= 11 is 0. The first-order chi connectivity index (χ1) is 7.67. The van der Waals surface area contributed by atoms with Gasteiger partial charge in [-0.1, -0.05) is 12.0 Å². The van der Waals surface area contributed by atoms with E-state index in [2.05, 4.69) is 5.92 Å². The molecular weight excluding hydrogens is 208 g/mol. The molecular formula is C12H16O4. The number of terminal acetylenes is 1. The summed E-state index contributed by atoms with van der Waals surface area (Å²) in [6.07, 6.45) is 8.80. The number of allylic oxidation sites excluding steroid dienone is 1. The zero-order valence-electron chi connectivity index (χ0n) is 9.26. The van der Waals surface area contributed by atoms with Crippen molar-refractivity contribution < 1.29 is 19.4 Å². The largest absolute Gasteiger partial charge is 0.460 e. The van der Waals surface area contributed by atoms with Crippen molar-refractivity contribution in [2.24, 2.45) is 0 Å². The summed E-state index contributed by atoms with van der Waals surface area (Å²) in [5.74, 6) is 2.04. The summed E-state index contributed by atoms with van der Waals surface area (Å²) in [7, 11) is 0. The average molecular weight is 224 g/mol. The van der Waals surface area contributed by atoms with Crippen molar-refractivity contribution >= 4 is 5.97 Å². The fraction of sp³-hybridized carbons (Fsp3) is 0.583. The third-order valence-electron chi connectivity index (χ3n) is 2.38. The molecule has 0 aromatic carbocycles. The SMILES string of the molecule is C#C/C=C/C[C@H]1O[C@@H](CO)C[C@@H]1OC(C)=O. The van der Waals surface area contributed by atoms with E-state index in [1.54, 1.807) is 12.2 Å². The number of ether oxygens (including phenoxy) is 2. The van der Waals surface area contributed by atoms with Crippen molar-refractivity contribution in [2.45, 2.75) is 38.1 Å². The van der Waals surface area contributed by atoms with E-state index in [-0.39, 0.29) is 30.9 Å². The molecule has 1 rings (SSSR count). The van der Waals surface area contributed by atoms with Gasteiger partial charge in [0.2, 0.25) is 0 Å². The van der Waals surface area contributed by atoms with Crippen molar-refractivity contribution in [1.29, 1.82) is 0 Å². The van der Waals surface area contributed by atoms with Crippen LogP contribution in [0.2, 0.25) is 0 Å². The Kier molecular flexibility index (Phi) is 5.03. The quantitative estimate of drug-likeness (QED) is 0.562. The van der Waals surface area contributed by atoms with E-state index in [0.29, 0.717) is 12.8 Å². The van der Waals surface area contributed by atoms with Crippen molar-refractivity contribution in [3.05, 3.63) is 12.2 Å². The first-order valence-electron chi connectivity index (χ1n) is 5.22. The minimum Gasteiger partial charge on any atom is -0.460 e. The molecule has 0 radical (unpaired) electrons. The monoisotopic (exact) mass is 224 g/mol. The Labute approximate surface area is 95.2 Å². The predicted molar refractivity (Wildman–Crippen MR) is 58.5 cm³/mol. The summed E-state index contributed by atoms with van der Waals surface area (Å²) in [5, 5.41) is 8.99. The van der Waals surface area contributed by atoms with E-state index >= 15 is 0 Å². The lowest BCUT2D eigenvalue weighted by molar-refractivity contribution is -0.149. The van der Waals surface area contributed by atoms with Gasteiger partial charge in [-0.3, -0.25) is 4.79 Å². The molecule has 0 aliphatic carbocycles. The number of aliphatic hydroxyl groups excluding tert-OH is 1. The Bertz CT molecular complexity index is 303. The standard InChI is InChI=1S/C12H16O4/c1-3-4-5-6-11-12(15-9(2)14)7-10(8-13)16-11/h1,4-5,10-13H,6-8H2,2H3/b5-4+/t10-,11-,12+/m1/s1. The predicted octanol–water partition coefficient (Wildman–Crippen LogP) is 0.647. The minimum absolute atomic E-state index is 0.0624. The molecule has 88 valence electrons. The van der Waals surface area contributed by atoms with Crippen molar-refractivity contribution in [1.82, 2.24) is 0 Å². The van der Waals surface area contributed by atoms with Gasteiger partial charge in [-0.15, -0.1) is 6.42 Å². The molecule has 1 aliphatic heterocycles. The fourth-order valence-corrected chi connectivity index (χ4v) is 1.73. The van der Waals surface area contributed by atoms with Crippen molar-refractivity contribution in [3.8, 4) is 12.3 Å². The normalized spacial score (nSPS) is 29.2. The smallest absolute Gasteiger partial charge is 0.302 e. The van der Waals surface area contributed by atoms with E-state index in [0.717, 1.165) is 0 Å². The summed E-state index contributed by atoms with van der Waals surface area (Å²) < 4.78 is 10.6. The van der Waals surface area contributed by atoms with Gasteiger partial charge in [-0.25, -0.2) is 0 Å². The molecule has 0 amide bonds. The number of hydrogen-bond acceptors (Lipinski definition) is 4. The van der Waals surface area contributed by atoms with E-state index in [1.165, 1.54) is 6.92 Å². The molecule has 0 aromatic heterocycles. The lowest BCUT2D eigenvalue weighted by atomic mass is 10.1. The number of hydrogen-bond donors (Lipinski definition) is 1. The molecule has 4 heteroatoms. The van der Waals surface area contributed by atoms with Crippen LogP contribution in [-0.4, -0.2) is 36.0 Å². The number of rotatable bonds is 4. The van der Waals surface area contributed by atoms with Gasteiger partial charge in [-0.05, 0) is 12.5 Å². The van der Waals surface area contributed by atoms with Crippen molar-refractivity contribution in [3.63, 3.8) is 0 Å². The third-order valence-corrected chi connectivity index (χ3v) is 2.38. The molecule has 0 aromatic rings. The van der Waals surface area contributed by atoms with E-state index in [1.807, 2.05) is 0 Å². The Morgan fingerprint density at radius 1 is 1.75 bits per heavy atom. The number of esters is 1. The maximum Gasteiger partial charge on any atom is 0.302 e. The molecule has 0 saturated carbocycles. The number of carbonyl (C=O) groups excluding carboxylic acids is 1. The van der Waals surface area contributed by atoms with Crippen LogP contribution in [0.25, 0.3) is 0 Å². The van der Waals surface area contributed by atoms with Gasteiger partial charge in [0.1, 0.15) is 6.10 Å². The molecule has 0 spiro atoms. The topological polar surface area (TPSA) is 55.8 Å². The van der Waals surface area contributed by atoms with Gasteiger partial charge in [-0.2, -0.15) is 0 Å². The van der Waals surface area contributed by atoms with Crippen LogP contribution in [0, 0.1) is 12.3 Å². The summed E-state index contributed by atoms with van der Waals surface area (Å²) in [6.45, 7) is 1.30. The van der Waals surface area contributed by atoms with Crippen LogP contribution in [0.5, 0.6) is 0 Å². The van der Waals surface area contributed by atoms with Crippen LogP contribution in [0.15, 0.2) is 12.2 Å². The first-order valence-corrected chi connectivity index (χ1v) is 5.22. The average Bonchev–Trinajstić information content (AvgIpc) is 2.60. The second-order valence-corrected chi connectivity index (χ2v) is 3.67. The molecule has 1 heterocycles. The molecule has 1 saturated heterocycles. The maximum absolute atomic E-state index is 10.9.